The Hall–Kier alpha value is -1.43. The van der Waals surface area contributed by atoms with Crippen molar-refractivity contribution in [3.8, 4) is 0 Å². The SMILES string of the molecule is COCC(O)CN1CCC(NC(=O)c2ccc3c(c2)CCCC3)CC1. The first-order valence-corrected chi connectivity index (χ1v) is 9.47. The number of nitrogens with zero attached hydrogens (tertiary/aromatic N) is 1. The number of fused-ring (bicyclic) bond motifs is 1. The van der Waals surface area contributed by atoms with Gasteiger partial charge in [-0.05, 0) is 61.8 Å². The molecule has 1 saturated heterocycles. The summed E-state index contributed by atoms with van der Waals surface area (Å²) in [6.45, 7) is 2.81. The van der Waals surface area contributed by atoms with Crippen LogP contribution in [0.15, 0.2) is 18.2 Å². The van der Waals surface area contributed by atoms with Crippen molar-refractivity contribution >= 4 is 5.91 Å². The summed E-state index contributed by atoms with van der Waals surface area (Å²) < 4.78 is 4.97. The second kappa shape index (κ2) is 8.79. The second-order valence-electron chi connectivity index (χ2n) is 7.35. The lowest BCUT2D eigenvalue weighted by Crippen LogP contribution is -2.47. The van der Waals surface area contributed by atoms with Crippen molar-refractivity contribution in [3.05, 3.63) is 34.9 Å². The number of aryl methyl sites for hydroxylation is 2. The predicted octanol–water partition coefficient (Wildman–Crippen LogP) is 1.77. The number of benzene rings is 1. The van der Waals surface area contributed by atoms with Crippen LogP contribution in [-0.2, 0) is 17.6 Å². The summed E-state index contributed by atoms with van der Waals surface area (Å²) in [7, 11) is 1.60. The van der Waals surface area contributed by atoms with Crippen LogP contribution in [0.5, 0.6) is 0 Å². The van der Waals surface area contributed by atoms with E-state index in [0.29, 0.717) is 13.2 Å². The van der Waals surface area contributed by atoms with Crippen LogP contribution in [-0.4, -0.2) is 61.4 Å². The Bertz CT molecular complexity index is 582. The second-order valence-corrected chi connectivity index (χ2v) is 7.35. The van der Waals surface area contributed by atoms with E-state index in [1.165, 1.54) is 24.0 Å². The Morgan fingerprint density at radius 3 is 2.72 bits per heavy atom. The molecule has 1 heterocycles. The summed E-state index contributed by atoms with van der Waals surface area (Å²) in [5, 5.41) is 13.0. The van der Waals surface area contributed by atoms with E-state index in [2.05, 4.69) is 22.3 Å². The molecule has 1 amide bonds. The zero-order chi connectivity index (χ0) is 17.6. The topological polar surface area (TPSA) is 61.8 Å². The van der Waals surface area contributed by atoms with Gasteiger partial charge >= 0.3 is 0 Å². The smallest absolute Gasteiger partial charge is 0.251 e. The number of piperidine rings is 1. The van der Waals surface area contributed by atoms with Gasteiger partial charge in [-0.25, -0.2) is 0 Å². The lowest BCUT2D eigenvalue weighted by Gasteiger charge is -2.33. The van der Waals surface area contributed by atoms with E-state index < -0.39 is 6.10 Å². The lowest BCUT2D eigenvalue weighted by atomic mass is 9.90. The minimum atomic E-state index is -0.438. The molecule has 1 aliphatic carbocycles. The van der Waals surface area contributed by atoms with E-state index in [1.54, 1.807) is 7.11 Å². The molecule has 5 nitrogen and oxygen atoms in total. The molecule has 25 heavy (non-hydrogen) atoms. The fourth-order valence-corrected chi connectivity index (χ4v) is 3.95. The molecule has 0 saturated carbocycles. The van der Waals surface area contributed by atoms with Crippen molar-refractivity contribution < 1.29 is 14.6 Å². The molecule has 1 aliphatic heterocycles. The van der Waals surface area contributed by atoms with E-state index >= 15 is 0 Å². The van der Waals surface area contributed by atoms with Crippen LogP contribution < -0.4 is 5.32 Å². The maximum absolute atomic E-state index is 12.6. The molecule has 1 unspecified atom stereocenters. The Labute approximate surface area is 150 Å². The third kappa shape index (κ3) is 5.03. The molecule has 2 aliphatic rings. The van der Waals surface area contributed by atoms with E-state index in [-0.39, 0.29) is 11.9 Å². The standard InChI is InChI=1S/C20H30N2O3/c1-25-14-19(23)13-22-10-8-18(9-11-22)21-20(24)17-7-6-15-4-2-3-5-16(15)12-17/h6-7,12,18-19,23H,2-5,8-11,13-14H2,1H3,(H,21,24). The molecule has 5 heteroatoms. The molecule has 0 bridgehead atoms. The Balaban J connectivity index is 1.48. The van der Waals surface area contributed by atoms with E-state index in [4.69, 9.17) is 4.74 Å². The van der Waals surface area contributed by atoms with Gasteiger partial charge in [0.1, 0.15) is 0 Å². The first kappa shape index (κ1) is 18.4. The lowest BCUT2D eigenvalue weighted by molar-refractivity contribution is 0.0309. The van der Waals surface area contributed by atoms with Crippen LogP contribution in [0.3, 0.4) is 0 Å². The molecule has 1 aromatic rings. The molecule has 1 atom stereocenters. The minimum absolute atomic E-state index is 0.0474. The number of hydrogen-bond donors (Lipinski definition) is 2. The number of carbonyl (C=O) groups is 1. The van der Waals surface area contributed by atoms with Crippen LogP contribution >= 0.6 is 0 Å². The van der Waals surface area contributed by atoms with Gasteiger partial charge in [0.15, 0.2) is 0 Å². The van der Waals surface area contributed by atoms with Gasteiger partial charge in [-0.15, -0.1) is 0 Å². The van der Waals surface area contributed by atoms with Crippen molar-refractivity contribution in [2.75, 3.05) is 33.4 Å². The number of amides is 1. The van der Waals surface area contributed by atoms with Gasteiger partial charge in [-0.1, -0.05) is 6.07 Å². The highest BCUT2D eigenvalue weighted by molar-refractivity contribution is 5.94. The number of rotatable bonds is 6. The van der Waals surface area contributed by atoms with E-state index in [0.717, 1.165) is 44.3 Å². The zero-order valence-electron chi connectivity index (χ0n) is 15.2. The first-order chi connectivity index (χ1) is 12.2. The van der Waals surface area contributed by atoms with Gasteiger partial charge in [0.2, 0.25) is 0 Å². The summed E-state index contributed by atoms with van der Waals surface area (Å²) in [5.41, 5.74) is 3.55. The molecule has 2 N–H and O–H groups in total. The van der Waals surface area contributed by atoms with Crippen molar-refractivity contribution in [2.24, 2.45) is 0 Å². The van der Waals surface area contributed by atoms with Crippen LogP contribution in [0, 0.1) is 0 Å². The van der Waals surface area contributed by atoms with Gasteiger partial charge in [-0.3, -0.25) is 4.79 Å². The summed E-state index contributed by atoms with van der Waals surface area (Å²) in [6.07, 6.45) is 6.14. The largest absolute Gasteiger partial charge is 0.389 e. The van der Waals surface area contributed by atoms with Crippen molar-refractivity contribution in [2.45, 2.75) is 50.7 Å². The number of ether oxygens (including phenoxy) is 1. The first-order valence-electron chi connectivity index (χ1n) is 9.47. The van der Waals surface area contributed by atoms with Gasteiger partial charge in [0.05, 0.1) is 12.7 Å². The Kier molecular flexibility index (Phi) is 6.45. The van der Waals surface area contributed by atoms with Crippen LogP contribution in [0.2, 0.25) is 0 Å². The average Bonchev–Trinajstić information content (AvgIpc) is 2.63. The number of aliphatic hydroxyl groups excluding tert-OH is 1. The van der Waals surface area contributed by atoms with Gasteiger partial charge in [0, 0.05) is 38.3 Å². The Morgan fingerprint density at radius 1 is 1.28 bits per heavy atom. The molecule has 1 aromatic carbocycles. The summed E-state index contributed by atoms with van der Waals surface area (Å²) in [6, 6.07) is 6.40. The van der Waals surface area contributed by atoms with Gasteiger partial charge in [0.25, 0.3) is 5.91 Å². The number of carbonyl (C=O) groups excluding carboxylic acids is 1. The number of β-amino-alcohol motifs (C(OH)–C–C–N with tert-alkyl or cyclic N) is 1. The maximum atomic E-state index is 12.6. The quantitative estimate of drug-likeness (QED) is 0.824. The van der Waals surface area contributed by atoms with Crippen molar-refractivity contribution in [3.63, 3.8) is 0 Å². The van der Waals surface area contributed by atoms with Crippen LogP contribution in [0.1, 0.15) is 47.2 Å². The maximum Gasteiger partial charge on any atom is 0.251 e. The highest BCUT2D eigenvalue weighted by Gasteiger charge is 2.23. The number of aliphatic hydroxyl groups is 1. The molecule has 0 radical (unpaired) electrons. The number of hydrogen-bond acceptors (Lipinski definition) is 4. The molecule has 0 aromatic heterocycles. The monoisotopic (exact) mass is 346 g/mol. The van der Waals surface area contributed by atoms with Crippen molar-refractivity contribution in [1.29, 1.82) is 0 Å². The van der Waals surface area contributed by atoms with E-state index in [1.807, 2.05) is 6.07 Å². The number of methoxy groups -OCH3 is 1. The predicted molar refractivity (Wildman–Crippen MR) is 97.9 cm³/mol. The summed E-state index contributed by atoms with van der Waals surface area (Å²) >= 11 is 0. The average molecular weight is 346 g/mol. The molecular formula is C20H30N2O3. The molecule has 1 fully saturated rings. The number of likely N-dealkylation sites (tertiary alicyclic amines) is 1. The summed E-state index contributed by atoms with van der Waals surface area (Å²) in [4.78, 5) is 14.8. The van der Waals surface area contributed by atoms with Gasteiger partial charge in [-0.2, -0.15) is 0 Å². The fourth-order valence-electron chi connectivity index (χ4n) is 3.95. The molecular weight excluding hydrogens is 316 g/mol. The molecule has 0 spiro atoms. The minimum Gasteiger partial charge on any atom is -0.389 e. The van der Waals surface area contributed by atoms with Crippen LogP contribution in [0.25, 0.3) is 0 Å². The fraction of sp³-hybridized carbons (Fsp3) is 0.650. The number of nitrogens with one attached hydrogen (secondary N) is 1. The van der Waals surface area contributed by atoms with E-state index in [9.17, 15) is 9.90 Å². The van der Waals surface area contributed by atoms with Crippen molar-refractivity contribution in [1.82, 2.24) is 10.2 Å². The highest BCUT2D eigenvalue weighted by atomic mass is 16.5. The van der Waals surface area contributed by atoms with Gasteiger partial charge < -0.3 is 20.1 Å². The zero-order valence-corrected chi connectivity index (χ0v) is 15.2. The normalized spacial score (nSPS) is 20.1. The third-order valence-corrected chi connectivity index (χ3v) is 5.36. The third-order valence-electron chi connectivity index (χ3n) is 5.36. The van der Waals surface area contributed by atoms with Crippen LogP contribution in [0.4, 0.5) is 0 Å². The highest BCUT2D eigenvalue weighted by Crippen LogP contribution is 2.22. The molecule has 138 valence electrons. The Morgan fingerprint density at radius 2 is 2.00 bits per heavy atom. The molecule has 3 rings (SSSR count). The summed E-state index contributed by atoms with van der Waals surface area (Å²) in [5.74, 6) is 0.0474.